The zero-order chi connectivity index (χ0) is 16.9. The minimum atomic E-state index is -2.96. The number of likely N-dealkylation sites (N-methyl/N-ethyl adjacent to an activating group) is 1. The number of hydrogen-bond donors (Lipinski definition) is 0. The highest BCUT2D eigenvalue weighted by atomic mass is 32.2. The predicted molar refractivity (Wildman–Crippen MR) is 93.2 cm³/mol. The van der Waals surface area contributed by atoms with Gasteiger partial charge in [0.15, 0.2) is 9.84 Å². The lowest BCUT2D eigenvalue weighted by atomic mass is 10.1. The van der Waals surface area contributed by atoms with E-state index in [0.29, 0.717) is 13.0 Å². The maximum Gasteiger partial charge on any atom is 0.237 e. The van der Waals surface area contributed by atoms with Crippen molar-refractivity contribution < 1.29 is 13.2 Å². The first-order valence-corrected chi connectivity index (χ1v) is 11.0. The molecule has 0 radical (unpaired) electrons. The Morgan fingerprint density at radius 2 is 1.78 bits per heavy atom. The molecule has 1 amide bonds. The molecule has 1 saturated heterocycles. The number of carbonyl (C=O) groups is 1. The molecule has 1 atom stereocenters. The van der Waals surface area contributed by atoms with Gasteiger partial charge in [-0.15, -0.1) is 0 Å². The SMILES string of the molecule is CCCCN(CC)CC(=O)N(C1CCCC1)C1CCS(=O)(=O)C1. The Bertz CT molecular complexity index is 486. The minimum absolute atomic E-state index is 0.0968. The van der Waals surface area contributed by atoms with Crippen molar-refractivity contribution in [2.75, 3.05) is 31.1 Å². The molecule has 134 valence electrons. The molecule has 0 spiro atoms. The van der Waals surface area contributed by atoms with Gasteiger partial charge >= 0.3 is 0 Å². The zero-order valence-electron chi connectivity index (χ0n) is 14.7. The minimum Gasteiger partial charge on any atom is -0.335 e. The van der Waals surface area contributed by atoms with Crippen molar-refractivity contribution in [1.82, 2.24) is 9.80 Å². The van der Waals surface area contributed by atoms with Crippen LogP contribution in [0.15, 0.2) is 0 Å². The molecule has 0 aromatic rings. The first-order chi connectivity index (χ1) is 11.0. The summed E-state index contributed by atoms with van der Waals surface area (Å²) < 4.78 is 23.7. The number of carbonyl (C=O) groups excluding carboxylic acids is 1. The molecule has 2 rings (SSSR count). The normalized spacial score (nSPS) is 24.4. The average molecular weight is 345 g/mol. The van der Waals surface area contributed by atoms with Gasteiger partial charge in [-0.3, -0.25) is 9.69 Å². The fraction of sp³-hybridized carbons (Fsp3) is 0.941. The molecule has 0 aromatic heterocycles. The van der Waals surface area contributed by atoms with Gasteiger partial charge in [0, 0.05) is 12.1 Å². The van der Waals surface area contributed by atoms with E-state index in [0.717, 1.165) is 51.6 Å². The van der Waals surface area contributed by atoms with Crippen LogP contribution in [-0.4, -0.2) is 67.3 Å². The van der Waals surface area contributed by atoms with E-state index in [2.05, 4.69) is 18.7 Å². The standard InChI is InChI=1S/C17H32N2O3S/c1-3-5-11-18(4-2)13-17(20)19(15-8-6-7-9-15)16-10-12-23(21,22)14-16/h15-16H,3-14H2,1-2H3. The molecule has 1 heterocycles. The van der Waals surface area contributed by atoms with Crippen LogP contribution in [0.25, 0.3) is 0 Å². The summed E-state index contributed by atoms with van der Waals surface area (Å²) in [5.41, 5.74) is 0. The molecule has 1 saturated carbocycles. The Labute approximate surface area is 141 Å². The second-order valence-electron chi connectivity index (χ2n) is 7.02. The molecular weight excluding hydrogens is 312 g/mol. The highest BCUT2D eigenvalue weighted by Crippen LogP contribution is 2.29. The second-order valence-corrected chi connectivity index (χ2v) is 9.25. The smallest absolute Gasteiger partial charge is 0.237 e. The number of sulfone groups is 1. The first kappa shape index (κ1) is 18.7. The first-order valence-electron chi connectivity index (χ1n) is 9.20. The summed E-state index contributed by atoms with van der Waals surface area (Å²) in [6.45, 7) is 6.49. The van der Waals surface area contributed by atoms with Gasteiger partial charge in [0.2, 0.25) is 5.91 Å². The Morgan fingerprint density at radius 1 is 1.09 bits per heavy atom. The van der Waals surface area contributed by atoms with Crippen LogP contribution in [0, 0.1) is 0 Å². The summed E-state index contributed by atoms with van der Waals surface area (Å²) in [5, 5.41) is 0. The lowest BCUT2D eigenvalue weighted by Crippen LogP contribution is -2.50. The fourth-order valence-corrected chi connectivity index (χ4v) is 5.60. The molecule has 0 aromatic carbocycles. The second kappa shape index (κ2) is 8.47. The summed E-state index contributed by atoms with van der Waals surface area (Å²) in [6, 6.07) is 0.158. The number of amides is 1. The molecule has 6 heteroatoms. The van der Waals surface area contributed by atoms with Gasteiger partial charge in [0.05, 0.1) is 18.1 Å². The quantitative estimate of drug-likeness (QED) is 0.676. The topological polar surface area (TPSA) is 57.7 Å². The predicted octanol–water partition coefficient (Wildman–Crippen LogP) is 2.07. The molecule has 0 N–H and O–H groups in total. The average Bonchev–Trinajstić information content (AvgIpc) is 3.14. The van der Waals surface area contributed by atoms with E-state index in [1.54, 1.807) is 0 Å². The third-order valence-corrected chi connectivity index (χ3v) is 6.99. The highest BCUT2D eigenvalue weighted by Gasteiger charge is 2.39. The van der Waals surface area contributed by atoms with Crippen LogP contribution >= 0.6 is 0 Å². The summed E-state index contributed by atoms with van der Waals surface area (Å²) in [4.78, 5) is 17.1. The van der Waals surface area contributed by atoms with Crippen LogP contribution in [0.5, 0.6) is 0 Å². The lowest BCUT2D eigenvalue weighted by Gasteiger charge is -2.35. The van der Waals surface area contributed by atoms with Gasteiger partial charge in [0.1, 0.15) is 0 Å². The van der Waals surface area contributed by atoms with Crippen LogP contribution in [0.3, 0.4) is 0 Å². The third-order valence-electron chi connectivity index (χ3n) is 5.24. The van der Waals surface area contributed by atoms with E-state index in [4.69, 9.17) is 0 Å². The maximum absolute atomic E-state index is 13.0. The van der Waals surface area contributed by atoms with Gasteiger partial charge < -0.3 is 4.90 Å². The van der Waals surface area contributed by atoms with E-state index >= 15 is 0 Å². The Balaban J connectivity index is 2.05. The molecule has 1 aliphatic carbocycles. The number of unbranched alkanes of at least 4 members (excludes halogenated alkanes) is 1. The molecule has 1 unspecified atom stereocenters. The van der Waals surface area contributed by atoms with Gasteiger partial charge in [-0.05, 0) is 38.8 Å². The van der Waals surface area contributed by atoms with E-state index in [9.17, 15) is 13.2 Å². The van der Waals surface area contributed by atoms with Crippen LogP contribution in [0.1, 0.15) is 58.8 Å². The van der Waals surface area contributed by atoms with Crippen LogP contribution in [-0.2, 0) is 14.6 Å². The van der Waals surface area contributed by atoms with E-state index in [-0.39, 0.29) is 29.5 Å². The molecule has 23 heavy (non-hydrogen) atoms. The molecule has 0 bridgehead atoms. The van der Waals surface area contributed by atoms with Crippen molar-refractivity contribution in [3.63, 3.8) is 0 Å². The Morgan fingerprint density at radius 3 is 2.30 bits per heavy atom. The Kier molecular flexibility index (Phi) is 6.89. The fourth-order valence-electron chi connectivity index (χ4n) is 3.89. The van der Waals surface area contributed by atoms with Crippen molar-refractivity contribution in [3.05, 3.63) is 0 Å². The number of hydrogen-bond acceptors (Lipinski definition) is 4. The Hall–Kier alpha value is -0.620. The monoisotopic (exact) mass is 344 g/mol. The van der Waals surface area contributed by atoms with Crippen molar-refractivity contribution in [2.45, 2.75) is 70.9 Å². The van der Waals surface area contributed by atoms with Crippen LogP contribution in [0.2, 0.25) is 0 Å². The van der Waals surface area contributed by atoms with Gasteiger partial charge in [-0.2, -0.15) is 0 Å². The van der Waals surface area contributed by atoms with E-state index < -0.39 is 9.84 Å². The summed E-state index contributed by atoms with van der Waals surface area (Å²) in [5.74, 6) is 0.537. The van der Waals surface area contributed by atoms with Crippen LogP contribution in [0.4, 0.5) is 0 Å². The highest BCUT2D eigenvalue weighted by molar-refractivity contribution is 7.91. The van der Waals surface area contributed by atoms with Crippen molar-refractivity contribution in [3.8, 4) is 0 Å². The molecule has 5 nitrogen and oxygen atoms in total. The van der Waals surface area contributed by atoms with Gasteiger partial charge in [0.25, 0.3) is 0 Å². The lowest BCUT2D eigenvalue weighted by molar-refractivity contribution is -0.136. The van der Waals surface area contributed by atoms with Crippen molar-refractivity contribution >= 4 is 15.7 Å². The number of nitrogens with zero attached hydrogens (tertiary/aromatic N) is 2. The van der Waals surface area contributed by atoms with Gasteiger partial charge in [-0.25, -0.2) is 8.42 Å². The van der Waals surface area contributed by atoms with E-state index in [1.807, 2.05) is 4.90 Å². The molecule has 1 aliphatic heterocycles. The maximum atomic E-state index is 13.0. The zero-order valence-corrected chi connectivity index (χ0v) is 15.5. The summed E-state index contributed by atoms with van der Waals surface area (Å²) >= 11 is 0. The molecular formula is C17H32N2O3S. The van der Waals surface area contributed by atoms with Crippen LogP contribution < -0.4 is 0 Å². The molecule has 2 fully saturated rings. The van der Waals surface area contributed by atoms with Crippen molar-refractivity contribution in [2.24, 2.45) is 0 Å². The van der Waals surface area contributed by atoms with Crippen molar-refractivity contribution in [1.29, 1.82) is 0 Å². The number of rotatable bonds is 8. The van der Waals surface area contributed by atoms with E-state index in [1.165, 1.54) is 0 Å². The summed E-state index contributed by atoms with van der Waals surface area (Å²) in [7, 11) is -2.96. The third kappa shape index (κ3) is 5.18. The largest absolute Gasteiger partial charge is 0.335 e. The molecule has 2 aliphatic rings. The summed E-state index contributed by atoms with van der Waals surface area (Å²) in [6.07, 6.45) is 7.21. The van der Waals surface area contributed by atoms with Gasteiger partial charge in [-0.1, -0.05) is 33.1 Å².